The van der Waals surface area contributed by atoms with E-state index < -0.39 is 11.0 Å². The van der Waals surface area contributed by atoms with Crippen molar-refractivity contribution < 1.29 is 4.21 Å². The first-order chi connectivity index (χ1) is 8.64. The van der Waals surface area contributed by atoms with Gasteiger partial charge in [-0.15, -0.1) is 0 Å². The van der Waals surface area contributed by atoms with Gasteiger partial charge in [0.1, 0.15) is 0 Å². The normalized spacial score (nSPS) is 17.0. The van der Waals surface area contributed by atoms with Crippen LogP contribution >= 0.6 is 11.6 Å². The van der Waals surface area contributed by atoms with Crippen LogP contribution in [0.1, 0.15) is 51.7 Å². The third-order valence-electron chi connectivity index (χ3n) is 3.31. The smallest absolute Gasteiger partial charge is 0.0972 e. The number of rotatable bonds is 4. The molecule has 0 aliphatic carbocycles. The second kappa shape index (κ2) is 6.38. The van der Waals surface area contributed by atoms with Crippen LogP contribution in [0.3, 0.4) is 0 Å². The van der Waals surface area contributed by atoms with E-state index in [1.807, 2.05) is 52.8 Å². The lowest BCUT2D eigenvalue weighted by molar-refractivity contribution is 0.550. The topological polar surface area (TPSA) is 29.1 Å². The molecule has 0 aliphatic heterocycles. The third-order valence-corrected chi connectivity index (χ3v) is 5.53. The Labute approximate surface area is 124 Å². The molecule has 2 nitrogen and oxygen atoms in total. The molecule has 1 N–H and O–H groups in total. The molecule has 0 saturated heterocycles. The monoisotopic (exact) mass is 301 g/mol. The standard InChI is InChI=1S/C15H24ClNOS/c1-10-8-7-9-13(14(10)16)11(2)12(3)17-19(18)15(4,5)6/h7-9,11-12,17H,1-6H3. The highest BCUT2D eigenvalue weighted by Crippen LogP contribution is 2.29. The van der Waals surface area contributed by atoms with Gasteiger partial charge in [0.15, 0.2) is 0 Å². The van der Waals surface area contributed by atoms with Crippen molar-refractivity contribution in [3.63, 3.8) is 0 Å². The number of halogens is 1. The van der Waals surface area contributed by atoms with Gasteiger partial charge in [-0.25, -0.2) is 8.93 Å². The summed E-state index contributed by atoms with van der Waals surface area (Å²) in [6.45, 7) is 12.1. The lowest BCUT2D eigenvalue weighted by Crippen LogP contribution is -2.40. The molecule has 3 unspecified atom stereocenters. The highest BCUT2D eigenvalue weighted by atomic mass is 35.5. The van der Waals surface area contributed by atoms with Crippen molar-refractivity contribution in [2.75, 3.05) is 0 Å². The molecule has 0 amide bonds. The minimum absolute atomic E-state index is 0.0966. The molecule has 0 spiro atoms. The number of benzene rings is 1. The fourth-order valence-electron chi connectivity index (χ4n) is 1.74. The van der Waals surface area contributed by atoms with Gasteiger partial charge in [-0.3, -0.25) is 0 Å². The molecule has 0 aliphatic rings. The molecule has 0 saturated carbocycles. The summed E-state index contributed by atoms with van der Waals surface area (Å²) in [6.07, 6.45) is 0. The Morgan fingerprint density at radius 2 is 1.84 bits per heavy atom. The predicted molar refractivity (Wildman–Crippen MR) is 85.1 cm³/mol. The van der Waals surface area contributed by atoms with Crippen LogP contribution in [0, 0.1) is 6.92 Å². The van der Waals surface area contributed by atoms with E-state index in [1.165, 1.54) is 0 Å². The molecule has 1 rings (SSSR count). The van der Waals surface area contributed by atoms with E-state index in [9.17, 15) is 4.21 Å². The van der Waals surface area contributed by atoms with Crippen molar-refractivity contribution in [2.45, 2.75) is 58.2 Å². The Hall–Kier alpha value is -0.380. The summed E-state index contributed by atoms with van der Waals surface area (Å²) in [5, 5.41) is 0.810. The van der Waals surface area contributed by atoms with E-state index in [0.717, 1.165) is 16.1 Å². The maximum absolute atomic E-state index is 12.1. The first kappa shape index (κ1) is 16.7. The molecule has 1 aromatic carbocycles. The zero-order chi connectivity index (χ0) is 14.8. The van der Waals surface area contributed by atoms with Crippen LogP contribution in [-0.4, -0.2) is 15.0 Å². The Balaban J connectivity index is 2.86. The number of hydrogen-bond donors (Lipinski definition) is 1. The predicted octanol–water partition coefficient (Wildman–Crippen LogP) is 4.19. The van der Waals surface area contributed by atoms with Crippen molar-refractivity contribution in [3.8, 4) is 0 Å². The summed E-state index contributed by atoms with van der Waals surface area (Å²) >= 11 is 6.35. The third kappa shape index (κ3) is 4.30. The quantitative estimate of drug-likeness (QED) is 0.887. The molecule has 0 fully saturated rings. The number of nitrogens with one attached hydrogen (secondary N) is 1. The summed E-state index contributed by atoms with van der Waals surface area (Å²) in [6, 6.07) is 6.15. The molecule has 108 valence electrons. The van der Waals surface area contributed by atoms with Crippen molar-refractivity contribution in [2.24, 2.45) is 0 Å². The largest absolute Gasteiger partial charge is 0.242 e. The van der Waals surface area contributed by atoms with E-state index in [-0.39, 0.29) is 16.7 Å². The van der Waals surface area contributed by atoms with Gasteiger partial charge in [-0.05, 0) is 51.7 Å². The van der Waals surface area contributed by atoms with Crippen LogP contribution in [0.15, 0.2) is 18.2 Å². The van der Waals surface area contributed by atoms with Crippen LogP contribution in [-0.2, 0) is 11.0 Å². The second-order valence-electron chi connectivity index (χ2n) is 6.05. The highest BCUT2D eigenvalue weighted by molar-refractivity contribution is 7.84. The fraction of sp³-hybridized carbons (Fsp3) is 0.600. The van der Waals surface area contributed by atoms with Gasteiger partial charge in [0.05, 0.1) is 15.7 Å². The van der Waals surface area contributed by atoms with E-state index >= 15 is 0 Å². The summed E-state index contributed by atoms with van der Waals surface area (Å²) < 4.78 is 15.0. The summed E-state index contributed by atoms with van der Waals surface area (Å²) in [4.78, 5) is 0. The Bertz CT molecular complexity index is 468. The zero-order valence-corrected chi connectivity index (χ0v) is 14.2. The summed E-state index contributed by atoms with van der Waals surface area (Å²) in [5.41, 5.74) is 2.18. The lowest BCUT2D eigenvalue weighted by Gasteiger charge is -2.26. The molecule has 3 atom stereocenters. The maximum atomic E-state index is 12.1. The molecule has 1 aromatic rings. The van der Waals surface area contributed by atoms with Gasteiger partial charge < -0.3 is 0 Å². The van der Waals surface area contributed by atoms with Crippen molar-refractivity contribution in [1.29, 1.82) is 0 Å². The Kier molecular flexibility index (Phi) is 5.60. The van der Waals surface area contributed by atoms with Gasteiger partial charge in [-0.1, -0.05) is 36.7 Å². The molecular formula is C15H24ClNOS. The van der Waals surface area contributed by atoms with Gasteiger partial charge in [0, 0.05) is 11.1 Å². The van der Waals surface area contributed by atoms with E-state index in [4.69, 9.17) is 11.6 Å². The average Bonchev–Trinajstić information content (AvgIpc) is 2.30. The Morgan fingerprint density at radius 1 is 1.26 bits per heavy atom. The van der Waals surface area contributed by atoms with Crippen molar-refractivity contribution >= 4 is 22.6 Å². The van der Waals surface area contributed by atoms with Gasteiger partial charge >= 0.3 is 0 Å². The Morgan fingerprint density at radius 3 is 2.37 bits per heavy atom. The first-order valence-corrected chi connectivity index (χ1v) is 8.10. The van der Waals surface area contributed by atoms with Gasteiger partial charge in [0.25, 0.3) is 0 Å². The maximum Gasteiger partial charge on any atom is 0.0972 e. The number of hydrogen-bond acceptors (Lipinski definition) is 1. The fourth-order valence-corrected chi connectivity index (χ4v) is 2.93. The minimum atomic E-state index is -1.07. The zero-order valence-electron chi connectivity index (χ0n) is 12.6. The van der Waals surface area contributed by atoms with E-state index in [2.05, 4.69) is 11.6 Å². The average molecular weight is 302 g/mol. The van der Waals surface area contributed by atoms with E-state index in [0.29, 0.717) is 0 Å². The van der Waals surface area contributed by atoms with E-state index in [1.54, 1.807) is 0 Å². The van der Waals surface area contributed by atoms with Gasteiger partial charge in [0.2, 0.25) is 0 Å². The lowest BCUT2D eigenvalue weighted by atomic mass is 9.94. The summed E-state index contributed by atoms with van der Waals surface area (Å²) in [7, 11) is -1.07. The van der Waals surface area contributed by atoms with Crippen LogP contribution < -0.4 is 4.72 Å². The first-order valence-electron chi connectivity index (χ1n) is 6.57. The molecule has 0 bridgehead atoms. The molecule has 19 heavy (non-hydrogen) atoms. The highest BCUT2D eigenvalue weighted by Gasteiger charge is 2.25. The van der Waals surface area contributed by atoms with Gasteiger partial charge in [-0.2, -0.15) is 0 Å². The molecule has 0 heterocycles. The van der Waals surface area contributed by atoms with Crippen LogP contribution in [0.4, 0.5) is 0 Å². The van der Waals surface area contributed by atoms with Crippen LogP contribution in [0.25, 0.3) is 0 Å². The van der Waals surface area contributed by atoms with Crippen molar-refractivity contribution in [1.82, 2.24) is 4.72 Å². The molecule has 4 heteroatoms. The second-order valence-corrected chi connectivity index (χ2v) is 8.43. The summed E-state index contributed by atoms with van der Waals surface area (Å²) in [5.74, 6) is 0.207. The van der Waals surface area contributed by atoms with Crippen molar-refractivity contribution in [3.05, 3.63) is 34.3 Å². The molecule has 0 aromatic heterocycles. The van der Waals surface area contributed by atoms with Crippen LogP contribution in [0.2, 0.25) is 5.02 Å². The van der Waals surface area contributed by atoms with Crippen LogP contribution in [0.5, 0.6) is 0 Å². The SMILES string of the molecule is Cc1cccc(C(C)C(C)NS(=O)C(C)(C)C)c1Cl. The molecule has 0 radical (unpaired) electrons. The minimum Gasteiger partial charge on any atom is -0.242 e. The molecular weight excluding hydrogens is 278 g/mol. The number of aryl methyl sites for hydroxylation is 1.